The van der Waals surface area contributed by atoms with E-state index in [0.29, 0.717) is 0 Å². The highest BCUT2D eigenvalue weighted by molar-refractivity contribution is 9.10. The number of carbonyl (C=O) groups is 1. The van der Waals surface area contributed by atoms with E-state index in [1.807, 2.05) is 0 Å². The van der Waals surface area contributed by atoms with Gasteiger partial charge in [-0.1, -0.05) is 0 Å². The van der Waals surface area contributed by atoms with Gasteiger partial charge in [0.05, 0.1) is 22.2 Å². The van der Waals surface area contributed by atoms with E-state index in [-0.39, 0.29) is 27.1 Å². The first-order valence-electron chi connectivity index (χ1n) is 4.95. The second-order valence-corrected chi connectivity index (χ2v) is 5.08. The fourth-order valence-corrected chi connectivity index (χ4v) is 2.65. The van der Waals surface area contributed by atoms with Crippen molar-refractivity contribution in [1.29, 1.82) is 5.26 Å². The number of benzene rings is 1. The molecule has 0 aliphatic rings. The number of ether oxygens (including phenoxy) is 1. The topological polar surface area (TPSA) is 50.1 Å². The van der Waals surface area contributed by atoms with Crippen molar-refractivity contribution in [3.8, 4) is 6.07 Å². The van der Waals surface area contributed by atoms with Crippen molar-refractivity contribution < 1.29 is 22.7 Å². The lowest BCUT2D eigenvalue weighted by atomic mass is 10.1. The molecule has 1 aromatic carbocycles. The Morgan fingerprint density at radius 1 is 1.53 bits per heavy atom. The van der Waals surface area contributed by atoms with Crippen LogP contribution in [0.2, 0.25) is 0 Å². The first-order valence-corrected chi connectivity index (χ1v) is 6.56. The van der Waals surface area contributed by atoms with Crippen molar-refractivity contribution in [3.63, 3.8) is 0 Å². The molecule has 0 heterocycles. The zero-order chi connectivity index (χ0) is 14.6. The third-order valence-electron chi connectivity index (χ3n) is 1.93. The second kappa shape index (κ2) is 6.30. The van der Waals surface area contributed by atoms with Crippen molar-refractivity contribution in [2.24, 2.45) is 0 Å². The summed E-state index contributed by atoms with van der Waals surface area (Å²) in [7, 11) is 0. The molecule has 0 saturated carbocycles. The van der Waals surface area contributed by atoms with Gasteiger partial charge in [0.25, 0.3) is 0 Å². The number of alkyl halides is 3. The first kappa shape index (κ1) is 15.9. The van der Waals surface area contributed by atoms with Crippen LogP contribution in [0.1, 0.15) is 22.8 Å². The lowest BCUT2D eigenvalue weighted by Gasteiger charge is -2.12. The Bertz CT molecular complexity index is 540. The van der Waals surface area contributed by atoms with Crippen LogP contribution >= 0.6 is 27.7 Å². The number of nitrogens with zero attached hydrogens (tertiary/aromatic N) is 1. The molecule has 0 unspecified atom stereocenters. The van der Waals surface area contributed by atoms with E-state index >= 15 is 0 Å². The summed E-state index contributed by atoms with van der Waals surface area (Å²) in [6, 6.07) is 4.06. The zero-order valence-corrected chi connectivity index (χ0v) is 11.9. The molecule has 1 rings (SSSR count). The summed E-state index contributed by atoms with van der Waals surface area (Å²) in [4.78, 5) is 11.4. The van der Waals surface area contributed by atoms with Crippen LogP contribution in [0.3, 0.4) is 0 Å². The predicted octanol–water partition coefficient (Wildman–Crippen LogP) is 4.11. The zero-order valence-electron chi connectivity index (χ0n) is 9.55. The van der Waals surface area contributed by atoms with Crippen molar-refractivity contribution in [2.75, 3.05) is 6.61 Å². The number of thioether (sulfide) groups is 1. The lowest BCUT2D eigenvalue weighted by molar-refractivity contribution is -0.0328. The molecular weight excluding hydrogens is 347 g/mol. The van der Waals surface area contributed by atoms with Crippen molar-refractivity contribution in [3.05, 3.63) is 27.7 Å². The summed E-state index contributed by atoms with van der Waals surface area (Å²) in [5.74, 6) is -0.904. The van der Waals surface area contributed by atoms with Crippen molar-refractivity contribution in [1.82, 2.24) is 0 Å². The van der Waals surface area contributed by atoms with Gasteiger partial charge in [0.1, 0.15) is 6.07 Å². The number of rotatable bonds is 3. The molecule has 0 spiro atoms. The van der Waals surface area contributed by atoms with Gasteiger partial charge in [-0.05, 0) is 46.7 Å². The Morgan fingerprint density at radius 2 is 2.16 bits per heavy atom. The molecule has 102 valence electrons. The van der Waals surface area contributed by atoms with E-state index < -0.39 is 23.2 Å². The summed E-state index contributed by atoms with van der Waals surface area (Å²) in [5, 5.41) is 8.82. The standard InChI is InChI=1S/C11H7BrF3NO2S/c1-2-18-10(17)8-7(19-11(13,14)15)4-3-6(5-16)9(8)12/h3-4H,2H2,1H3. The maximum atomic E-state index is 12.4. The highest BCUT2D eigenvalue weighted by Crippen LogP contribution is 2.41. The van der Waals surface area contributed by atoms with Crippen LogP contribution in [0.5, 0.6) is 0 Å². The van der Waals surface area contributed by atoms with E-state index in [1.54, 1.807) is 6.07 Å². The highest BCUT2D eigenvalue weighted by atomic mass is 79.9. The number of hydrogen-bond donors (Lipinski definition) is 0. The highest BCUT2D eigenvalue weighted by Gasteiger charge is 2.33. The summed E-state index contributed by atoms with van der Waals surface area (Å²) >= 11 is 2.54. The van der Waals surface area contributed by atoms with Crippen LogP contribution in [-0.4, -0.2) is 18.1 Å². The van der Waals surface area contributed by atoms with E-state index in [0.717, 1.165) is 6.07 Å². The van der Waals surface area contributed by atoms with Crippen LogP contribution in [0, 0.1) is 11.3 Å². The first-order chi connectivity index (χ1) is 8.80. The molecule has 1 aromatic rings. The van der Waals surface area contributed by atoms with Crippen LogP contribution < -0.4 is 0 Å². The number of nitriles is 1. The number of carbonyl (C=O) groups excluding carboxylic acids is 1. The maximum Gasteiger partial charge on any atom is 0.446 e. The Balaban J connectivity index is 3.35. The van der Waals surface area contributed by atoms with Gasteiger partial charge in [0.15, 0.2) is 0 Å². The summed E-state index contributed by atoms with van der Waals surface area (Å²) in [6.45, 7) is 1.56. The molecule has 0 aromatic heterocycles. The Morgan fingerprint density at radius 3 is 2.63 bits per heavy atom. The van der Waals surface area contributed by atoms with Gasteiger partial charge in [-0.25, -0.2) is 4.79 Å². The average molecular weight is 354 g/mol. The molecule has 0 N–H and O–H groups in total. The Hall–Kier alpha value is -1.20. The third kappa shape index (κ3) is 4.14. The molecule has 0 radical (unpaired) electrons. The molecule has 0 bridgehead atoms. The minimum atomic E-state index is -4.53. The lowest BCUT2D eigenvalue weighted by Crippen LogP contribution is -2.10. The normalized spacial score (nSPS) is 10.9. The van der Waals surface area contributed by atoms with Crippen molar-refractivity contribution >= 4 is 33.7 Å². The predicted molar refractivity (Wildman–Crippen MR) is 66.7 cm³/mol. The summed E-state index contributed by atoms with van der Waals surface area (Å²) in [5.41, 5.74) is -4.76. The van der Waals surface area contributed by atoms with Crippen LogP contribution in [0.25, 0.3) is 0 Å². The van der Waals surface area contributed by atoms with Crippen molar-refractivity contribution in [2.45, 2.75) is 17.3 Å². The molecule has 0 atom stereocenters. The second-order valence-electron chi connectivity index (χ2n) is 3.18. The molecule has 8 heteroatoms. The van der Waals surface area contributed by atoms with Crippen LogP contribution in [0.4, 0.5) is 13.2 Å². The summed E-state index contributed by atoms with van der Waals surface area (Å²) < 4.78 is 42.0. The van der Waals surface area contributed by atoms with E-state index in [2.05, 4.69) is 15.9 Å². The third-order valence-corrected chi connectivity index (χ3v) is 3.54. The fraction of sp³-hybridized carbons (Fsp3) is 0.273. The SMILES string of the molecule is CCOC(=O)c1c(SC(F)(F)F)ccc(C#N)c1Br. The molecule has 0 fully saturated rings. The molecule has 0 amide bonds. The largest absolute Gasteiger partial charge is 0.462 e. The van der Waals surface area contributed by atoms with Gasteiger partial charge in [-0.2, -0.15) is 18.4 Å². The Labute approximate surface area is 119 Å². The van der Waals surface area contributed by atoms with Gasteiger partial charge < -0.3 is 4.74 Å². The number of halogens is 4. The van der Waals surface area contributed by atoms with E-state index in [4.69, 9.17) is 10.00 Å². The van der Waals surface area contributed by atoms with Crippen LogP contribution in [-0.2, 0) is 4.74 Å². The quantitative estimate of drug-likeness (QED) is 0.606. The molecule has 3 nitrogen and oxygen atoms in total. The Kier molecular flexibility index (Phi) is 5.26. The van der Waals surface area contributed by atoms with E-state index in [1.165, 1.54) is 13.0 Å². The van der Waals surface area contributed by atoms with E-state index in [9.17, 15) is 18.0 Å². The van der Waals surface area contributed by atoms with Gasteiger partial charge in [0, 0.05) is 4.90 Å². The molecule has 0 aliphatic heterocycles. The van der Waals surface area contributed by atoms with Gasteiger partial charge >= 0.3 is 11.5 Å². The number of esters is 1. The molecule has 19 heavy (non-hydrogen) atoms. The minimum absolute atomic E-state index is 0.00250. The smallest absolute Gasteiger partial charge is 0.446 e. The average Bonchev–Trinajstić information content (AvgIpc) is 2.27. The van der Waals surface area contributed by atoms with Crippen LogP contribution in [0.15, 0.2) is 21.5 Å². The molecule has 0 aliphatic carbocycles. The monoisotopic (exact) mass is 353 g/mol. The van der Waals surface area contributed by atoms with Gasteiger partial charge in [-0.15, -0.1) is 0 Å². The molecule has 0 saturated heterocycles. The van der Waals surface area contributed by atoms with Gasteiger partial charge in [0.2, 0.25) is 0 Å². The molecular formula is C11H7BrF3NO2S. The van der Waals surface area contributed by atoms with Gasteiger partial charge in [-0.3, -0.25) is 0 Å². The summed E-state index contributed by atoms with van der Waals surface area (Å²) in [6.07, 6.45) is 0. The minimum Gasteiger partial charge on any atom is -0.462 e. The number of hydrogen-bond acceptors (Lipinski definition) is 4. The maximum absolute atomic E-state index is 12.4. The fourth-order valence-electron chi connectivity index (χ4n) is 1.25.